The summed E-state index contributed by atoms with van der Waals surface area (Å²) in [6.45, 7) is 5.07. The lowest BCUT2D eigenvalue weighted by molar-refractivity contribution is -0.159. The van der Waals surface area contributed by atoms with E-state index in [-0.39, 0.29) is 23.9 Å². The monoisotopic (exact) mass is 238 g/mol. The predicted octanol–water partition coefficient (Wildman–Crippen LogP) is 0.0265. The van der Waals surface area contributed by atoms with Gasteiger partial charge >= 0.3 is 11.9 Å². The number of hydrogen-bond acceptors (Lipinski definition) is 5. The number of ether oxygens (including phenoxy) is 2. The van der Waals surface area contributed by atoms with Crippen molar-refractivity contribution in [1.82, 2.24) is 0 Å². The van der Waals surface area contributed by atoms with E-state index in [1.54, 1.807) is 6.92 Å². The van der Waals surface area contributed by atoms with Crippen molar-refractivity contribution in [2.24, 2.45) is 17.8 Å². The number of fused-ring (bicyclic) bond motifs is 1. The zero-order chi connectivity index (χ0) is 12.3. The van der Waals surface area contributed by atoms with Crippen LogP contribution in [-0.2, 0) is 19.1 Å². The molecule has 3 aliphatic rings. The fourth-order valence-electron chi connectivity index (χ4n) is 3.33. The second-order valence-corrected chi connectivity index (χ2v) is 5.13. The number of rotatable bonds is 2. The Labute approximate surface area is 98.4 Å². The largest absolute Gasteiger partial charge is 0.458 e. The zero-order valence-electron chi connectivity index (χ0n) is 9.46. The van der Waals surface area contributed by atoms with E-state index in [0.29, 0.717) is 12.0 Å². The first-order valence-electron chi connectivity index (χ1n) is 5.75. The SMILES string of the molecule is C=C(C)C(=O)OC1C2CC3C1OC(=O)C3C2O. The van der Waals surface area contributed by atoms with Crippen LogP contribution < -0.4 is 0 Å². The van der Waals surface area contributed by atoms with Gasteiger partial charge in [-0.3, -0.25) is 4.79 Å². The summed E-state index contributed by atoms with van der Waals surface area (Å²) in [5.74, 6) is -1.43. The van der Waals surface area contributed by atoms with Crippen LogP contribution in [0.3, 0.4) is 0 Å². The topological polar surface area (TPSA) is 72.8 Å². The molecule has 0 aromatic rings. The van der Waals surface area contributed by atoms with E-state index in [1.807, 2.05) is 0 Å². The highest BCUT2D eigenvalue weighted by Gasteiger charge is 2.67. The molecule has 0 amide bonds. The van der Waals surface area contributed by atoms with Gasteiger partial charge < -0.3 is 14.6 Å². The van der Waals surface area contributed by atoms with Crippen LogP contribution in [0.15, 0.2) is 12.2 Å². The summed E-state index contributed by atoms with van der Waals surface area (Å²) in [5, 5.41) is 9.98. The van der Waals surface area contributed by atoms with E-state index in [2.05, 4.69) is 6.58 Å². The Balaban J connectivity index is 1.83. The Kier molecular flexibility index (Phi) is 2.10. The summed E-state index contributed by atoms with van der Waals surface area (Å²) in [7, 11) is 0. The molecule has 1 saturated heterocycles. The highest BCUT2D eigenvalue weighted by molar-refractivity contribution is 5.87. The van der Waals surface area contributed by atoms with Crippen molar-refractivity contribution >= 4 is 11.9 Å². The maximum atomic E-state index is 11.5. The summed E-state index contributed by atoms with van der Waals surface area (Å²) >= 11 is 0. The van der Waals surface area contributed by atoms with Crippen LogP contribution >= 0.6 is 0 Å². The third kappa shape index (κ3) is 1.29. The summed E-state index contributed by atoms with van der Waals surface area (Å²) in [4.78, 5) is 23.0. The lowest BCUT2D eigenvalue weighted by Crippen LogP contribution is -2.43. The normalized spacial score (nSPS) is 45.9. The molecule has 2 saturated carbocycles. The lowest BCUT2D eigenvalue weighted by atomic mass is 9.85. The molecule has 0 aromatic heterocycles. The molecule has 5 nitrogen and oxygen atoms in total. The molecule has 1 heterocycles. The van der Waals surface area contributed by atoms with Crippen molar-refractivity contribution in [3.05, 3.63) is 12.2 Å². The number of esters is 2. The van der Waals surface area contributed by atoms with Crippen LogP contribution in [0.25, 0.3) is 0 Å². The first-order valence-corrected chi connectivity index (χ1v) is 5.75. The minimum Gasteiger partial charge on any atom is -0.458 e. The minimum absolute atomic E-state index is 0.00502. The molecule has 6 atom stereocenters. The molecule has 3 fully saturated rings. The Bertz CT molecular complexity index is 415. The molecule has 17 heavy (non-hydrogen) atoms. The fourth-order valence-corrected chi connectivity index (χ4v) is 3.33. The molecule has 2 aliphatic carbocycles. The quantitative estimate of drug-likeness (QED) is 0.542. The highest BCUT2D eigenvalue weighted by Crippen LogP contribution is 2.55. The van der Waals surface area contributed by atoms with Crippen LogP contribution in [0.5, 0.6) is 0 Å². The Morgan fingerprint density at radius 1 is 1.53 bits per heavy atom. The van der Waals surface area contributed by atoms with Crippen LogP contribution in [-0.4, -0.2) is 35.4 Å². The standard InChI is InChI=1S/C12H14O5/c1-4(2)11(14)16-10-6-3-5-7(8(6)13)12(15)17-9(5)10/h5-10,13H,1,3H2,2H3. The van der Waals surface area contributed by atoms with E-state index >= 15 is 0 Å². The van der Waals surface area contributed by atoms with Gasteiger partial charge in [0.25, 0.3) is 0 Å². The molecule has 92 valence electrons. The number of hydrogen-bond donors (Lipinski definition) is 1. The molecule has 1 aliphatic heterocycles. The molecule has 0 aromatic carbocycles. The second-order valence-electron chi connectivity index (χ2n) is 5.13. The van der Waals surface area contributed by atoms with Crippen molar-refractivity contribution < 1.29 is 24.2 Å². The van der Waals surface area contributed by atoms with E-state index in [0.717, 1.165) is 0 Å². The fraction of sp³-hybridized carbons (Fsp3) is 0.667. The molecule has 0 radical (unpaired) electrons. The Hall–Kier alpha value is -1.36. The number of carbonyl (C=O) groups is 2. The molecule has 6 unspecified atom stereocenters. The maximum absolute atomic E-state index is 11.5. The summed E-state index contributed by atoms with van der Waals surface area (Å²) in [5.41, 5.74) is 0.308. The van der Waals surface area contributed by atoms with E-state index < -0.39 is 24.1 Å². The van der Waals surface area contributed by atoms with Gasteiger partial charge in [0, 0.05) is 17.4 Å². The summed E-state index contributed by atoms with van der Waals surface area (Å²) in [6, 6.07) is 0. The lowest BCUT2D eigenvalue weighted by Gasteiger charge is -2.28. The number of aliphatic hydroxyl groups is 1. The van der Waals surface area contributed by atoms with Crippen LogP contribution in [0, 0.1) is 17.8 Å². The highest BCUT2D eigenvalue weighted by atomic mass is 16.6. The van der Waals surface area contributed by atoms with Crippen molar-refractivity contribution in [1.29, 1.82) is 0 Å². The summed E-state index contributed by atoms with van der Waals surface area (Å²) in [6.07, 6.45) is -0.934. The van der Waals surface area contributed by atoms with Gasteiger partial charge in [-0.1, -0.05) is 6.58 Å². The summed E-state index contributed by atoms with van der Waals surface area (Å²) < 4.78 is 10.5. The van der Waals surface area contributed by atoms with Gasteiger partial charge in [0.2, 0.25) is 0 Å². The molecule has 2 bridgehead atoms. The predicted molar refractivity (Wildman–Crippen MR) is 55.7 cm³/mol. The van der Waals surface area contributed by atoms with Crippen LogP contribution in [0.1, 0.15) is 13.3 Å². The van der Waals surface area contributed by atoms with Crippen molar-refractivity contribution in [2.75, 3.05) is 0 Å². The van der Waals surface area contributed by atoms with E-state index in [4.69, 9.17) is 9.47 Å². The van der Waals surface area contributed by atoms with Crippen LogP contribution in [0.4, 0.5) is 0 Å². The van der Waals surface area contributed by atoms with Gasteiger partial charge in [-0.2, -0.15) is 0 Å². The van der Waals surface area contributed by atoms with Gasteiger partial charge in [0.15, 0.2) is 0 Å². The van der Waals surface area contributed by atoms with Crippen molar-refractivity contribution in [3.8, 4) is 0 Å². The van der Waals surface area contributed by atoms with E-state index in [1.165, 1.54) is 0 Å². The zero-order valence-corrected chi connectivity index (χ0v) is 9.46. The molecule has 3 rings (SSSR count). The van der Waals surface area contributed by atoms with Crippen molar-refractivity contribution in [3.63, 3.8) is 0 Å². The van der Waals surface area contributed by atoms with Gasteiger partial charge in [0.05, 0.1) is 12.0 Å². The Morgan fingerprint density at radius 3 is 2.88 bits per heavy atom. The van der Waals surface area contributed by atoms with Crippen LogP contribution in [0.2, 0.25) is 0 Å². The van der Waals surface area contributed by atoms with E-state index in [9.17, 15) is 14.7 Å². The first-order chi connectivity index (χ1) is 8.00. The molecule has 5 heteroatoms. The average molecular weight is 238 g/mol. The van der Waals surface area contributed by atoms with Gasteiger partial charge in [-0.25, -0.2) is 4.79 Å². The third-order valence-electron chi connectivity index (χ3n) is 4.10. The second kappa shape index (κ2) is 3.32. The molecule has 1 N–H and O–H groups in total. The first kappa shape index (κ1) is 10.8. The van der Waals surface area contributed by atoms with Crippen molar-refractivity contribution in [2.45, 2.75) is 31.7 Å². The maximum Gasteiger partial charge on any atom is 0.333 e. The van der Waals surface area contributed by atoms with Gasteiger partial charge in [-0.05, 0) is 13.3 Å². The Morgan fingerprint density at radius 2 is 2.24 bits per heavy atom. The van der Waals surface area contributed by atoms with Gasteiger partial charge in [-0.15, -0.1) is 0 Å². The third-order valence-corrected chi connectivity index (χ3v) is 4.10. The average Bonchev–Trinajstić information content (AvgIpc) is 2.82. The van der Waals surface area contributed by atoms with Gasteiger partial charge in [0.1, 0.15) is 12.2 Å². The molecular formula is C12H14O5. The molecular weight excluding hydrogens is 224 g/mol. The molecule has 0 spiro atoms. The number of carbonyl (C=O) groups excluding carboxylic acids is 2. The smallest absolute Gasteiger partial charge is 0.333 e. The number of aliphatic hydroxyl groups excluding tert-OH is 1. The minimum atomic E-state index is -0.742.